The van der Waals surface area contributed by atoms with Crippen LogP contribution in [0.3, 0.4) is 0 Å². The summed E-state index contributed by atoms with van der Waals surface area (Å²) >= 11 is 0. The van der Waals surface area contributed by atoms with Crippen molar-refractivity contribution in [3.63, 3.8) is 0 Å². The Bertz CT molecular complexity index is 621. The van der Waals surface area contributed by atoms with E-state index < -0.39 is 23.5 Å². The molecular formula is C21H34N2O4. The Morgan fingerprint density at radius 1 is 1.30 bits per heavy atom. The Kier molecular flexibility index (Phi) is 7.12. The molecule has 1 saturated carbocycles. The molecule has 0 aromatic heterocycles. The molecule has 1 amide bonds. The first-order valence-electron chi connectivity index (χ1n) is 9.82. The average Bonchev–Trinajstić information content (AvgIpc) is 2.60. The number of nitrogens with zero attached hydrogens (tertiary/aromatic N) is 1. The lowest BCUT2D eigenvalue weighted by molar-refractivity contribution is 0.00538. The number of amides is 1. The maximum Gasteiger partial charge on any atom is 0.407 e. The monoisotopic (exact) mass is 378 g/mol. The van der Waals surface area contributed by atoms with Gasteiger partial charge in [0.05, 0.1) is 6.10 Å². The molecule has 2 rings (SSSR count). The van der Waals surface area contributed by atoms with Gasteiger partial charge in [-0.05, 0) is 70.6 Å². The highest BCUT2D eigenvalue weighted by Crippen LogP contribution is 2.34. The fourth-order valence-electron chi connectivity index (χ4n) is 3.43. The van der Waals surface area contributed by atoms with Gasteiger partial charge in [0.25, 0.3) is 0 Å². The first-order valence-corrected chi connectivity index (χ1v) is 9.82. The van der Waals surface area contributed by atoms with Crippen molar-refractivity contribution in [2.75, 3.05) is 18.5 Å². The van der Waals surface area contributed by atoms with Crippen LogP contribution in [0.15, 0.2) is 24.3 Å². The topological polar surface area (TPSA) is 82.0 Å². The number of hydrogen-bond acceptors (Lipinski definition) is 5. The molecular weight excluding hydrogens is 344 g/mol. The van der Waals surface area contributed by atoms with Crippen molar-refractivity contribution in [2.45, 2.75) is 76.7 Å². The van der Waals surface area contributed by atoms with Crippen LogP contribution in [-0.4, -0.2) is 41.2 Å². The van der Waals surface area contributed by atoms with Crippen molar-refractivity contribution in [3.05, 3.63) is 29.8 Å². The molecule has 1 aromatic carbocycles. The molecule has 0 bridgehead atoms. The number of carbonyl (C=O) groups excluding carboxylic acids is 1. The minimum Gasteiger partial charge on any atom is -0.444 e. The van der Waals surface area contributed by atoms with Crippen molar-refractivity contribution in [2.24, 2.45) is 0 Å². The van der Waals surface area contributed by atoms with Crippen LogP contribution >= 0.6 is 0 Å². The number of aliphatic hydroxyl groups excluding tert-OH is 1. The summed E-state index contributed by atoms with van der Waals surface area (Å²) in [5.41, 5.74) is 0.293. The minimum atomic E-state index is -0.819. The zero-order valence-corrected chi connectivity index (χ0v) is 17.0. The lowest BCUT2D eigenvalue weighted by atomic mass is 9.90. The first kappa shape index (κ1) is 21.5. The number of nitrogens with one attached hydrogen (secondary N) is 1. The van der Waals surface area contributed by atoms with E-state index in [1.165, 1.54) is 6.42 Å². The molecule has 1 atom stereocenters. The molecule has 0 spiro atoms. The average molecular weight is 379 g/mol. The number of alkyl carbamates (subject to hydrolysis) is 1. The molecule has 1 aromatic rings. The first-order chi connectivity index (χ1) is 12.6. The van der Waals surface area contributed by atoms with E-state index >= 15 is 0 Å². The summed E-state index contributed by atoms with van der Waals surface area (Å²) in [6.45, 7) is 5.75. The maximum absolute atomic E-state index is 11.7. The van der Waals surface area contributed by atoms with E-state index in [9.17, 15) is 15.0 Å². The van der Waals surface area contributed by atoms with E-state index in [0.717, 1.165) is 36.9 Å². The number of aliphatic hydroxyl groups is 2. The summed E-state index contributed by atoms with van der Waals surface area (Å²) in [5.74, 6) is 0. The summed E-state index contributed by atoms with van der Waals surface area (Å²) in [6, 6.07) is 7.60. The number of ether oxygens (including phenoxy) is 1. The molecule has 6 nitrogen and oxygen atoms in total. The van der Waals surface area contributed by atoms with Crippen LogP contribution in [0.4, 0.5) is 10.5 Å². The number of hydrogen-bond donors (Lipinski definition) is 3. The molecule has 1 aliphatic rings. The molecule has 3 N–H and O–H groups in total. The second-order valence-corrected chi connectivity index (χ2v) is 8.43. The van der Waals surface area contributed by atoms with Crippen molar-refractivity contribution in [1.29, 1.82) is 0 Å². The van der Waals surface area contributed by atoms with Gasteiger partial charge >= 0.3 is 6.09 Å². The van der Waals surface area contributed by atoms with Crippen LogP contribution in [-0.2, 0) is 4.74 Å². The molecule has 0 heterocycles. The van der Waals surface area contributed by atoms with Gasteiger partial charge in [-0.1, -0.05) is 18.6 Å². The van der Waals surface area contributed by atoms with E-state index in [4.69, 9.17) is 4.74 Å². The van der Waals surface area contributed by atoms with Gasteiger partial charge in [0.15, 0.2) is 0 Å². The third-order valence-electron chi connectivity index (χ3n) is 5.01. The summed E-state index contributed by atoms with van der Waals surface area (Å²) in [5, 5.41) is 24.1. The predicted molar refractivity (Wildman–Crippen MR) is 107 cm³/mol. The highest BCUT2D eigenvalue weighted by molar-refractivity contribution is 5.67. The second kappa shape index (κ2) is 8.93. The number of anilines is 1. The van der Waals surface area contributed by atoms with Crippen molar-refractivity contribution in [3.8, 4) is 0 Å². The van der Waals surface area contributed by atoms with Crippen LogP contribution in [0.5, 0.6) is 0 Å². The van der Waals surface area contributed by atoms with Crippen LogP contribution in [0.25, 0.3) is 0 Å². The Hall–Kier alpha value is -1.79. The van der Waals surface area contributed by atoms with Crippen molar-refractivity contribution < 1.29 is 19.7 Å². The normalized spacial score (nSPS) is 17.9. The van der Waals surface area contributed by atoms with E-state index in [0.29, 0.717) is 13.0 Å². The fourth-order valence-corrected chi connectivity index (χ4v) is 3.43. The molecule has 1 unspecified atom stereocenters. The van der Waals surface area contributed by atoms with Gasteiger partial charge in [0, 0.05) is 19.3 Å². The number of carbonyl (C=O) groups is 1. The van der Waals surface area contributed by atoms with Gasteiger partial charge in [0.2, 0.25) is 0 Å². The second-order valence-electron chi connectivity index (χ2n) is 8.43. The highest BCUT2D eigenvalue weighted by atomic mass is 16.6. The smallest absolute Gasteiger partial charge is 0.407 e. The third kappa shape index (κ3) is 6.40. The summed E-state index contributed by atoms with van der Waals surface area (Å²) in [7, 11) is 1.90. The van der Waals surface area contributed by atoms with E-state index in [-0.39, 0.29) is 0 Å². The van der Waals surface area contributed by atoms with Crippen molar-refractivity contribution >= 4 is 11.8 Å². The largest absolute Gasteiger partial charge is 0.444 e. The molecule has 6 heteroatoms. The van der Waals surface area contributed by atoms with Gasteiger partial charge in [-0.15, -0.1) is 0 Å². The Morgan fingerprint density at radius 2 is 1.96 bits per heavy atom. The Morgan fingerprint density at radius 3 is 2.59 bits per heavy atom. The predicted octanol–water partition coefficient (Wildman–Crippen LogP) is 3.72. The van der Waals surface area contributed by atoms with Crippen LogP contribution in [0, 0.1) is 0 Å². The van der Waals surface area contributed by atoms with Gasteiger partial charge < -0.3 is 25.2 Å². The van der Waals surface area contributed by atoms with E-state index in [1.54, 1.807) is 0 Å². The fraction of sp³-hybridized carbons (Fsp3) is 0.667. The van der Waals surface area contributed by atoms with Gasteiger partial charge in [-0.3, -0.25) is 0 Å². The molecule has 0 saturated heterocycles. The van der Waals surface area contributed by atoms with E-state index in [2.05, 4.69) is 5.32 Å². The van der Waals surface area contributed by atoms with Crippen LogP contribution in [0.1, 0.15) is 71.0 Å². The summed E-state index contributed by atoms with van der Waals surface area (Å²) < 4.78 is 5.19. The quantitative estimate of drug-likeness (QED) is 0.657. The molecule has 27 heavy (non-hydrogen) atoms. The van der Waals surface area contributed by atoms with Gasteiger partial charge in [-0.25, -0.2) is 4.79 Å². The van der Waals surface area contributed by atoms with E-state index in [1.807, 2.05) is 57.0 Å². The third-order valence-corrected chi connectivity index (χ3v) is 5.01. The molecule has 1 aliphatic carbocycles. The highest BCUT2D eigenvalue weighted by Gasteiger charge is 2.33. The standard InChI is InChI=1S/C21H34N2O4/c1-20(2,3)27-19(25)22-14-11-18(24)16-9-8-10-17(15-16)23(4)21(26)12-6-5-7-13-21/h8-10,15,18,24,26H,5-7,11-14H2,1-4H3,(H,22,25). The number of rotatable bonds is 6. The summed E-state index contributed by atoms with van der Waals surface area (Å²) in [4.78, 5) is 13.6. The Labute approximate surface area is 162 Å². The van der Waals surface area contributed by atoms with Gasteiger partial charge in [-0.2, -0.15) is 0 Å². The van der Waals surface area contributed by atoms with Crippen LogP contribution in [0.2, 0.25) is 0 Å². The number of benzene rings is 1. The lowest BCUT2D eigenvalue weighted by Gasteiger charge is -2.41. The van der Waals surface area contributed by atoms with Gasteiger partial charge in [0.1, 0.15) is 11.3 Å². The molecule has 152 valence electrons. The van der Waals surface area contributed by atoms with Crippen molar-refractivity contribution in [1.82, 2.24) is 5.32 Å². The molecule has 0 radical (unpaired) electrons. The zero-order chi connectivity index (χ0) is 20.1. The SMILES string of the molecule is CN(c1cccc(C(O)CCNC(=O)OC(C)(C)C)c1)C1(O)CCCCC1. The summed E-state index contributed by atoms with van der Waals surface area (Å²) in [6.07, 6.45) is 3.94. The Balaban J connectivity index is 1.93. The lowest BCUT2D eigenvalue weighted by Crippen LogP contribution is -2.48. The zero-order valence-electron chi connectivity index (χ0n) is 17.0. The maximum atomic E-state index is 11.7. The minimum absolute atomic E-state index is 0.320. The molecule has 1 fully saturated rings. The van der Waals surface area contributed by atoms with Crippen LogP contribution < -0.4 is 10.2 Å². The molecule has 0 aliphatic heterocycles.